The van der Waals surface area contributed by atoms with Gasteiger partial charge in [0, 0.05) is 6.54 Å². The number of carbonyl (C=O) groups excluding carboxylic acids is 1. The third-order valence-corrected chi connectivity index (χ3v) is 3.52. The quantitative estimate of drug-likeness (QED) is 0.790. The molecule has 0 aliphatic carbocycles. The molecule has 7 heteroatoms. The van der Waals surface area contributed by atoms with E-state index >= 15 is 0 Å². The zero-order chi connectivity index (χ0) is 14.5. The van der Waals surface area contributed by atoms with Crippen molar-refractivity contribution in [3.8, 4) is 0 Å². The topological polar surface area (TPSA) is 44.4 Å². The predicted molar refractivity (Wildman–Crippen MR) is 66.8 cm³/mol. The second-order valence-electron chi connectivity index (χ2n) is 5.61. The van der Waals surface area contributed by atoms with Crippen LogP contribution in [0.4, 0.5) is 13.2 Å². The maximum Gasteiger partial charge on any atom is 0.401 e. The van der Waals surface area contributed by atoms with Crippen molar-refractivity contribution in [2.24, 2.45) is 5.41 Å². The predicted octanol–water partition coefficient (Wildman–Crippen LogP) is 0.986. The number of carbonyl (C=O) groups is 1. The van der Waals surface area contributed by atoms with Crippen molar-refractivity contribution in [2.45, 2.75) is 25.9 Å². The first-order valence-electron chi connectivity index (χ1n) is 6.43. The van der Waals surface area contributed by atoms with Crippen molar-refractivity contribution in [3.63, 3.8) is 0 Å². The second-order valence-corrected chi connectivity index (χ2v) is 5.61. The van der Waals surface area contributed by atoms with E-state index in [1.165, 1.54) is 0 Å². The van der Waals surface area contributed by atoms with Gasteiger partial charge in [0.1, 0.15) is 0 Å². The highest BCUT2D eigenvalue weighted by Crippen LogP contribution is 2.29. The zero-order valence-electron chi connectivity index (χ0n) is 11.4. The van der Waals surface area contributed by atoms with E-state index in [1.807, 2.05) is 0 Å². The summed E-state index contributed by atoms with van der Waals surface area (Å²) in [5, 5.41) is 4.79. The van der Waals surface area contributed by atoms with Gasteiger partial charge in [0.2, 0.25) is 5.91 Å². The van der Waals surface area contributed by atoms with E-state index in [2.05, 4.69) is 29.5 Å². The third-order valence-electron chi connectivity index (χ3n) is 3.52. The van der Waals surface area contributed by atoms with Crippen molar-refractivity contribution < 1.29 is 18.0 Å². The van der Waals surface area contributed by atoms with Crippen LogP contribution in [-0.2, 0) is 4.79 Å². The van der Waals surface area contributed by atoms with Crippen LogP contribution in [0.2, 0.25) is 0 Å². The van der Waals surface area contributed by atoms with E-state index in [4.69, 9.17) is 0 Å². The lowest BCUT2D eigenvalue weighted by Gasteiger charge is -2.37. The number of alkyl halides is 3. The Hall–Kier alpha value is -0.820. The molecular formula is C12H22F3N3O. The van der Waals surface area contributed by atoms with Gasteiger partial charge in [0.05, 0.1) is 13.1 Å². The van der Waals surface area contributed by atoms with Crippen LogP contribution in [0.3, 0.4) is 0 Å². The van der Waals surface area contributed by atoms with Crippen molar-refractivity contribution in [2.75, 3.05) is 39.8 Å². The van der Waals surface area contributed by atoms with Gasteiger partial charge in [-0.25, -0.2) is 0 Å². The Morgan fingerprint density at radius 1 is 1.32 bits per heavy atom. The molecule has 112 valence electrons. The summed E-state index contributed by atoms with van der Waals surface area (Å²) in [5.74, 6) is -0.385. The van der Waals surface area contributed by atoms with Crippen LogP contribution >= 0.6 is 0 Å². The average Bonchev–Trinajstić information content (AvgIpc) is 2.29. The summed E-state index contributed by atoms with van der Waals surface area (Å²) in [6, 6.07) is 0. The molecule has 0 radical (unpaired) electrons. The van der Waals surface area contributed by atoms with Crippen molar-refractivity contribution >= 4 is 5.91 Å². The lowest BCUT2D eigenvalue weighted by molar-refractivity contribution is -0.128. The van der Waals surface area contributed by atoms with Gasteiger partial charge in [-0.3, -0.25) is 4.79 Å². The average molecular weight is 281 g/mol. The molecule has 1 heterocycles. The van der Waals surface area contributed by atoms with E-state index in [-0.39, 0.29) is 17.9 Å². The first kappa shape index (κ1) is 16.2. The Labute approximate surface area is 111 Å². The Morgan fingerprint density at radius 3 is 2.42 bits per heavy atom. The molecule has 4 nitrogen and oxygen atoms in total. The van der Waals surface area contributed by atoms with E-state index in [0.717, 1.165) is 25.9 Å². The Kier molecular flexibility index (Phi) is 5.61. The molecular weight excluding hydrogens is 259 g/mol. The third kappa shape index (κ3) is 6.77. The summed E-state index contributed by atoms with van der Waals surface area (Å²) in [5.41, 5.74) is 0.0478. The Morgan fingerprint density at radius 2 is 1.89 bits per heavy atom. The van der Waals surface area contributed by atoms with E-state index in [1.54, 1.807) is 0 Å². The van der Waals surface area contributed by atoms with Gasteiger partial charge in [-0.15, -0.1) is 0 Å². The molecule has 1 saturated heterocycles. The molecule has 2 N–H and O–H groups in total. The highest BCUT2D eigenvalue weighted by atomic mass is 19.4. The fourth-order valence-electron chi connectivity index (χ4n) is 2.03. The van der Waals surface area contributed by atoms with E-state index < -0.39 is 12.7 Å². The molecule has 0 aromatic carbocycles. The molecule has 1 rings (SSSR count). The summed E-state index contributed by atoms with van der Waals surface area (Å²) in [4.78, 5) is 13.7. The van der Waals surface area contributed by atoms with E-state index in [9.17, 15) is 18.0 Å². The normalized spacial score (nSPS) is 20.3. The Bertz CT molecular complexity index is 299. The molecule has 1 aliphatic rings. The minimum absolute atomic E-state index is 0.0478. The first-order chi connectivity index (χ1) is 8.70. The number of likely N-dealkylation sites (tertiary alicyclic amines) is 1. The molecule has 0 saturated carbocycles. The molecule has 19 heavy (non-hydrogen) atoms. The molecule has 0 atom stereocenters. The maximum absolute atomic E-state index is 11.9. The lowest BCUT2D eigenvalue weighted by Crippen LogP contribution is -2.45. The first-order valence-corrected chi connectivity index (χ1v) is 6.43. The number of rotatable bonds is 5. The number of nitrogens with zero attached hydrogens (tertiary/aromatic N) is 1. The van der Waals surface area contributed by atoms with Crippen LogP contribution in [0, 0.1) is 5.41 Å². The Balaban J connectivity index is 2.19. The molecule has 0 aromatic rings. The summed E-state index contributed by atoms with van der Waals surface area (Å²) < 4.78 is 35.6. The molecule has 0 unspecified atom stereocenters. The van der Waals surface area contributed by atoms with Gasteiger partial charge >= 0.3 is 6.18 Å². The lowest BCUT2D eigenvalue weighted by atomic mass is 9.80. The summed E-state index contributed by atoms with van der Waals surface area (Å²) in [6.45, 7) is 3.16. The summed E-state index contributed by atoms with van der Waals surface area (Å²) in [7, 11) is 2.05. The fraction of sp³-hybridized carbons (Fsp3) is 0.917. The van der Waals surface area contributed by atoms with Crippen LogP contribution < -0.4 is 10.6 Å². The van der Waals surface area contributed by atoms with Crippen molar-refractivity contribution in [3.05, 3.63) is 0 Å². The monoisotopic (exact) mass is 281 g/mol. The molecule has 0 bridgehead atoms. The van der Waals surface area contributed by atoms with Crippen LogP contribution in [-0.4, -0.2) is 56.8 Å². The number of hydrogen-bond donors (Lipinski definition) is 2. The number of nitrogens with one attached hydrogen (secondary N) is 2. The zero-order valence-corrected chi connectivity index (χ0v) is 11.4. The number of hydrogen-bond acceptors (Lipinski definition) is 3. The largest absolute Gasteiger partial charge is 0.401 e. The molecule has 0 aromatic heterocycles. The number of piperidine rings is 1. The smallest absolute Gasteiger partial charge is 0.354 e. The molecule has 1 fully saturated rings. The molecule has 0 spiro atoms. The van der Waals surface area contributed by atoms with E-state index in [0.29, 0.717) is 6.54 Å². The van der Waals surface area contributed by atoms with Crippen LogP contribution in [0.5, 0.6) is 0 Å². The van der Waals surface area contributed by atoms with Gasteiger partial charge in [0.15, 0.2) is 0 Å². The number of amides is 1. The standard InChI is InChI=1S/C12H22F3N3O/c1-11(3-5-18(2)6-4-11)8-17-10(19)7-16-9-12(13,14)15/h16H,3-9H2,1-2H3,(H,17,19). The highest BCUT2D eigenvalue weighted by molar-refractivity contribution is 5.78. The maximum atomic E-state index is 11.9. The van der Waals surface area contributed by atoms with Gasteiger partial charge in [-0.2, -0.15) is 13.2 Å². The minimum atomic E-state index is -4.28. The summed E-state index contributed by atoms with van der Waals surface area (Å²) >= 11 is 0. The fourth-order valence-corrected chi connectivity index (χ4v) is 2.03. The summed E-state index contributed by atoms with van der Waals surface area (Å²) in [6.07, 6.45) is -2.31. The number of halogens is 3. The SMILES string of the molecule is CN1CCC(C)(CNC(=O)CNCC(F)(F)F)CC1. The molecule has 1 aliphatic heterocycles. The van der Waals surface area contributed by atoms with Crippen molar-refractivity contribution in [1.29, 1.82) is 0 Å². The van der Waals surface area contributed by atoms with Gasteiger partial charge in [-0.1, -0.05) is 6.92 Å². The van der Waals surface area contributed by atoms with Crippen molar-refractivity contribution in [1.82, 2.24) is 15.5 Å². The van der Waals surface area contributed by atoms with Gasteiger partial charge in [0.25, 0.3) is 0 Å². The molecule has 1 amide bonds. The second kappa shape index (κ2) is 6.56. The van der Waals surface area contributed by atoms with Gasteiger partial charge in [-0.05, 0) is 38.4 Å². The van der Waals surface area contributed by atoms with Crippen LogP contribution in [0.25, 0.3) is 0 Å². The van der Waals surface area contributed by atoms with Crippen LogP contribution in [0.15, 0.2) is 0 Å². The van der Waals surface area contributed by atoms with Crippen LogP contribution in [0.1, 0.15) is 19.8 Å². The highest BCUT2D eigenvalue weighted by Gasteiger charge is 2.29. The van der Waals surface area contributed by atoms with Gasteiger partial charge < -0.3 is 15.5 Å². The minimum Gasteiger partial charge on any atom is -0.354 e.